The number of aliphatic hydroxyl groups is 1. The number of hydrogen-bond acceptors (Lipinski definition) is 3. The third kappa shape index (κ3) is 1.64. The molecule has 1 amide bonds. The maximum absolute atomic E-state index is 11.3. The van der Waals surface area contributed by atoms with E-state index in [1.54, 1.807) is 0 Å². The summed E-state index contributed by atoms with van der Waals surface area (Å²) in [4.78, 5) is 22.4. The molecule has 1 aliphatic heterocycles. The van der Waals surface area contributed by atoms with E-state index in [1.807, 2.05) is 13.8 Å². The molecule has 0 aromatic rings. The molecule has 0 aromatic heterocycles. The van der Waals surface area contributed by atoms with Crippen LogP contribution in [0.3, 0.4) is 0 Å². The molecule has 0 bridgehead atoms. The Hall–Kier alpha value is -1.32. The van der Waals surface area contributed by atoms with E-state index in [2.05, 4.69) is 5.32 Å². The zero-order chi connectivity index (χ0) is 10.9. The van der Waals surface area contributed by atoms with Crippen LogP contribution in [0.1, 0.15) is 27.2 Å². The first-order valence-electron chi connectivity index (χ1n) is 4.74. The molecule has 14 heavy (non-hydrogen) atoms. The molecular formula is C10H15NO3. The summed E-state index contributed by atoms with van der Waals surface area (Å²) in [6, 6.07) is -0.397. The lowest BCUT2D eigenvalue weighted by Gasteiger charge is -2.17. The lowest BCUT2D eigenvalue weighted by atomic mass is 9.97. The summed E-state index contributed by atoms with van der Waals surface area (Å²) >= 11 is 0. The Morgan fingerprint density at radius 2 is 2.21 bits per heavy atom. The quantitative estimate of drug-likeness (QED) is 0.661. The molecule has 78 valence electrons. The predicted octanol–water partition coefficient (Wildman–Crippen LogP) is 0.932. The summed E-state index contributed by atoms with van der Waals surface area (Å²) in [5.41, 5.74) is -0.0877. The van der Waals surface area contributed by atoms with Gasteiger partial charge in [0.2, 0.25) is 0 Å². The van der Waals surface area contributed by atoms with Crippen molar-refractivity contribution in [2.45, 2.75) is 33.2 Å². The third-order valence-corrected chi connectivity index (χ3v) is 2.63. The highest BCUT2D eigenvalue weighted by atomic mass is 16.3. The van der Waals surface area contributed by atoms with Crippen molar-refractivity contribution in [2.24, 2.45) is 5.92 Å². The first-order valence-corrected chi connectivity index (χ1v) is 4.74. The molecule has 0 saturated heterocycles. The Morgan fingerprint density at radius 1 is 1.64 bits per heavy atom. The van der Waals surface area contributed by atoms with Gasteiger partial charge in [-0.1, -0.05) is 20.3 Å². The SMILES string of the molecule is CC[C@@H](C)C1NC(=O)C(C(C)=O)=C1O. The van der Waals surface area contributed by atoms with E-state index in [0.29, 0.717) is 0 Å². The first kappa shape index (κ1) is 10.8. The van der Waals surface area contributed by atoms with Gasteiger partial charge in [0, 0.05) is 0 Å². The average molecular weight is 197 g/mol. The molecule has 1 aliphatic rings. The van der Waals surface area contributed by atoms with Crippen LogP contribution in [0.15, 0.2) is 11.3 Å². The van der Waals surface area contributed by atoms with Crippen molar-refractivity contribution in [2.75, 3.05) is 0 Å². The smallest absolute Gasteiger partial charge is 0.259 e. The standard InChI is InChI=1S/C10H15NO3/c1-4-5(2)8-9(13)7(6(3)12)10(14)11-8/h5,8,13H,4H2,1-3H3,(H,11,14)/t5-,8?/m1/s1. The van der Waals surface area contributed by atoms with Crippen molar-refractivity contribution < 1.29 is 14.7 Å². The Bertz CT molecular complexity index is 306. The lowest BCUT2D eigenvalue weighted by Crippen LogP contribution is -2.34. The maximum atomic E-state index is 11.3. The zero-order valence-electron chi connectivity index (χ0n) is 8.63. The molecule has 0 saturated carbocycles. The van der Waals surface area contributed by atoms with Crippen LogP contribution in [0.5, 0.6) is 0 Å². The summed E-state index contributed by atoms with van der Waals surface area (Å²) in [6.45, 7) is 5.17. The minimum Gasteiger partial charge on any atom is -0.509 e. The number of hydrogen-bond donors (Lipinski definition) is 2. The number of rotatable bonds is 3. The Labute approximate surface area is 83.0 Å². The van der Waals surface area contributed by atoms with Crippen molar-refractivity contribution in [3.05, 3.63) is 11.3 Å². The van der Waals surface area contributed by atoms with E-state index >= 15 is 0 Å². The van der Waals surface area contributed by atoms with E-state index in [0.717, 1.165) is 6.42 Å². The highest BCUT2D eigenvalue weighted by Gasteiger charge is 2.36. The predicted molar refractivity (Wildman–Crippen MR) is 51.7 cm³/mol. The van der Waals surface area contributed by atoms with Crippen molar-refractivity contribution in [3.63, 3.8) is 0 Å². The van der Waals surface area contributed by atoms with Crippen LogP contribution in [-0.2, 0) is 9.59 Å². The largest absolute Gasteiger partial charge is 0.509 e. The molecule has 2 N–H and O–H groups in total. The van der Waals surface area contributed by atoms with Gasteiger partial charge >= 0.3 is 0 Å². The lowest BCUT2D eigenvalue weighted by molar-refractivity contribution is -0.121. The van der Waals surface area contributed by atoms with Gasteiger partial charge in [0.05, 0.1) is 6.04 Å². The second kappa shape index (κ2) is 3.82. The zero-order valence-corrected chi connectivity index (χ0v) is 8.63. The molecule has 2 atom stereocenters. The van der Waals surface area contributed by atoms with Gasteiger partial charge < -0.3 is 10.4 Å². The van der Waals surface area contributed by atoms with Gasteiger partial charge in [-0.3, -0.25) is 9.59 Å². The number of Topliss-reactive ketones (excluding diaryl/α,β-unsaturated/α-hetero) is 1. The summed E-state index contributed by atoms with van der Waals surface area (Å²) in [5, 5.41) is 12.3. The summed E-state index contributed by atoms with van der Waals surface area (Å²) in [6.07, 6.45) is 0.834. The molecule has 1 heterocycles. The van der Waals surface area contributed by atoms with E-state index < -0.39 is 11.9 Å². The van der Waals surface area contributed by atoms with E-state index in [9.17, 15) is 14.7 Å². The summed E-state index contributed by atoms with van der Waals surface area (Å²) in [5.74, 6) is -0.807. The Morgan fingerprint density at radius 3 is 2.57 bits per heavy atom. The number of carbonyl (C=O) groups is 2. The highest BCUT2D eigenvalue weighted by Crippen LogP contribution is 2.23. The summed E-state index contributed by atoms with van der Waals surface area (Å²) in [7, 11) is 0. The van der Waals surface area contributed by atoms with E-state index in [-0.39, 0.29) is 23.0 Å². The van der Waals surface area contributed by atoms with E-state index in [1.165, 1.54) is 6.92 Å². The van der Waals surface area contributed by atoms with Crippen molar-refractivity contribution in [1.82, 2.24) is 5.32 Å². The van der Waals surface area contributed by atoms with Crippen molar-refractivity contribution >= 4 is 11.7 Å². The van der Waals surface area contributed by atoms with Crippen LogP contribution >= 0.6 is 0 Å². The molecule has 4 nitrogen and oxygen atoms in total. The number of carbonyl (C=O) groups excluding carboxylic acids is 2. The second-order valence-corrected chi connectivity index (χ2v) is 3.65. The Kier molecular flexibility index (Phi) is 2.93. The fourth-order valence-electron chi connectivity index (χ4n) is 1.54. The molecule has 0 radical (unpaired) electrons. The number of amides is 1. The maximum Gasteiger partial charge on any atom is 0.259 e. The minimum absolute atomic E-state index is 0.0877. The molecule has 1 rings (SSSR count). The normalized spacial score (nSPS) is 23.6. The number of ketones is 1. The van der Waals surface area contributed by atoms with Gasteiger partial charge in [0.1, 0.15) is 11.3 Å². The first-order chi connectivity index (χ1) is 6.49. The Balaban J connectivity index is 2.98. The van der Waals surface area contributed by atoms with Gasteiger partial charge in [-0.05, 0) is 12.8 Å². The molecule has 0 fully saturated rings. The molecular weight excluding hydrogens is 182 g/mol. The van der Waals surface area contributed by atoms with Gasteiger partial charge in [0.25, 0.3) is 5.91 Å². The number of aliphatic hydroxyl groups excluding tert-OH is 1. The van der Waals surface area contributed by atoms with Gasteiger partial charge in [0.15, 0.2) is 5.78 Å². The molecule has 4 heteroatoms. The highest BCUT2D eigenvalue weighted by molar-refractivity contribution is 6.20. The average Bonchev–Trinajstić information content (AvgIpc) is 2.40. The second-order valence-electron chi connectivity index (χ2n) is 3.65. The van der Waals surface area contributed by atoms with Crippen molar-refractivity contribution in [1.29, 1.82) is 0 Å². The molecule has 0 aliphatic carbocycles. The van der Waals surface area contributed by atoms with Crippen LogP contribution in [0.2, 0.25) is 0 Å². The van der Waals surface area contributed by atoms with Crippen LogP contribution in [0, 0.1) is 5.92 Å². The number of nitrogens with one attached hydrogen (secondary N) is 1. The van der Waals surface area contributed by atoms with Gasteiger partial charge in [-0.2, -0.15) is 0 Å². The topological polar surface area (TPSA) is 66.4 Å². The van der Waals surface area contributed by atoms with Crippen LogP contribution in [0.4, 0.5) is 0 Å². The van der Waals surface area contributed by atoms with Gasteiger partial charge in [-0.25, -0.2) is 0 Å². The van der Waals surface area contributed by atoms with Gasteiger partial charge in [-0.15, -0.1) is 0 Å². The fourth-order valence-corrected chi connectivity index (χ4v) is 1.54. The van der Waals surface area contributed by atoms with Crippen LogP contribution < -0.4 is 5.32 Å². The van der Waals surface area contributed by atoms with Crippen LogP contribution in [-0.4, -0.2) is 22.8 Å². The van der Waals surface area contributed by atoms with Crippen LogP contribution in [0.25, 0.3) is 0 Å². The fraction of sp³-hybridized carbons (Fsp3) is 0.600. The summed E-state index contributed by atoms with van der Waals surface area (Å²) < 4.78 is 0. The van der Waals surface area contributed by atoms with E-state index in [4.69, 9.17) is 0 Å². The van der Waals surface area contributed by atoms with Crippen molar-refractivity contribution in [3.8, 4) is 0 Å². The minimum atomic E-state index is -0.458. The molecule has 0 aromatic carbocycles. The third-order valence-electron chi connectivity index (χ3n) is 2.63. The monoisotopic (exact) mass is 197 g/mol. The molecule has 1 unspecified atom stereocenters. The molecule has 0 spiro atoms.